The molecule has 1 aromatic carbocycles. The van der Waals surface area contributed by atoms with Crippen molar-refractivity contribution in [1.82, 2.24) is 4.90 Å². The Balaban J connectivity index is 2.07. The second-order valence-electron chi connectivity index (χ2n) is 6.25. The fourth-order valence-electron chi connectivity index (χ4n) is 3.25. The van der Waals surface area contributed by atoms with Crippen LogP contribution in [0.5, 0.6) is 11.5 Å². The molecular weight excluding hydrogens is 382 g/mol. The summed E-state index contributed by atoms with van der Waals surface area (Å²) in [5.41, 5.74) is 0.585. The summed E-state index contributed by atoms with van der Waals surface area (Å²) in [4.78, 5) is 27.7. The Hall–Kier alpha value is -2.84. The van der Waals surface area contributed by atoms with Crippen molar-refractivity contribution in [2.45, 2.75) is 12.5 Å². The van der Waals surface area contributed by atoms with Crippen LogP contribution in [0.25, 0.3) is 0 Å². The number of methoxy groups -OCH3 is 2. The van der Waals surface area contributed by atoms with Gasteiger partial charge in [-0.15, -0.1) is 11.3 Å². The molecule has 0 bridgehead atoms. The maximum Gasteiger partial charge on any atom is 0.290 e. The zero-order chi connectivity index (χ0) is 20.3. The lowest BCUT2D eigenvalue weighted by Gasteiger charge is -2.27. The molecule has 0 aliphatic carbocycles. The minimum atomic E-state index is -0.784. The minimum Gasteiger partial charge on any atom is -0.504 e. The number of benzene rings is 1. The van der Waals surface area contributed by atoms with Crippen molar-refractivity contribution >= 4 is 23.0 Å². The van der Waals surface area contributed by atoms with Gasteiger partial charge in [0.1, 0.15) is 0 Å². The summed E-state index contributed by atoms with van der Waals surface area (Å²) in [6.45, 7) is 0.732. The lowest BCUT2D eigenvalue weighted by Crippen LogP contribution is -2.32. The molecule has 1 aliphatic rings. The van der Waals surface area contributed by atoms with Crippen LogP contribution in [0, 0.1) is 0 Å². The Bertz CT molecular complexity index is 905. The Morgan fingerprint density at radius 2 is 2.04 bits per heavy atom. The van der Waals surface area contributed by atoms with Crippen molar-refractivity contribution in [2.24, 2.45) is 0 Å². The highest BCUT2D eigenvalue weighted by Crippen LogP contribution is 2.41. The number of nitrogens with zero attached hydrogens (tertiary/aromatic N) is 1. The highest BCUT2D eigenvalue weighted by atomic mass is 32.1. The van der Waals surface area contributed by atoms with Gasteiger partial charge in [0.2, 0.25) is 5.78 Å². The molecular formula is C20H21NO6S. The molecule has 1 aromatic heterocycles. The molecule has 7 nitrogen and oxygen atoms in total. The monoisotopic (exact) mass is 403 g/mol. The predicted molar refractivity (Wildman–Crippen MR) is 104 cm³/mol. The number of Topliss-reactive ketones (excluding diaryl/α,β-unsaturated/α-hetero) is 1. The first-order valence-corrected chi connectivity index (χ1v) is 9.55. The second-order valence-corrected chi connectivity index (χ2v) is 7.20. The van der Waals surface area contributed by atoms with Gasteiger partial charge in [-0.05, 0) is 35.6 Å². The Kier molecular flexibility index (Phi) is 6.01. The third-order valence-electron chi connectivity index (χ3n) is 4.56. The van der Waals surface area contributed by atoms with E-state index >= 15 is 0 Å². The van der Waals surface area contributed by atoms with Crippen molar-refractivity contribution in [3.63, 3.8) is 0 Å². The molecule has 2 heterocycles. The Morgan fingerprint density at radius 3 is 2.68 bits per heavy atom. The topological polar surface area (TPSA) is 96.3 Å². The van der Waals surface area contributed by atoms with Crippen LogP contribution in [-0.2, 0) is 9.53 Å². The number of ketones is 1. The summed E-state index contributed by atoms with van der Waals surface area (Å²) < 4.78 is 10.2. The number of thiophene rings is 1. The van der Waals surface area contributed by atoms with Gasteiger partial charge in [-0.2, -0.15) is 0 Å². The van der Waals surface area contributed by atoms with Crippen LogP contribution < -0.4 is 4.74 Å². The molecule has 3 rings (SSSR count). The maximum atomic E-state index is 13.1. The van der Waals surface area contributed by atoms with Crippen LogP contribution in [0.2, 0.25) is 0 Å². The van der Waals surface area contributed by atoms with E-state index in [-0.39, 0.29) is 17.1 Å². The molecule has 1 atom stereocenters. The van der Waals surface area contributed by atoms with E-state index in [4.69, 9.17) is 9.47 Å². The van der Waals surface area contributed by atoms with Crippen LogP contribution in [0.4, 0.5) is 0 Å². The van der Waals surface area contributed by atoms with Crippen molar-refractivity contribution in [2.75, 3.05) is 27.4 Å². The summed E-state index contributed by atoms with van der Waals surface area (Å²) in [6, 6.07) is 7.22. The van der Waals surface area contributed by atoms with Crippen molar-refractivity contribution in [1.29, 1.82) is 0 Å². The van der Waals surface area contributed by atoms with Crippen molar-refractivity contribution in [3.05, 3.63) is 57.5 Å². The first-order chi connectivity index (χ1) is 13.5. The molecule has 1 amide bonds. The van der Waals surface area contributed by atoms with E-state index in [1.807, 2.05) is 0 Å². The molecule has 148 valence electrons. The molecule has 2 aromatic rings. The third kappa shape index (κ3) is 3.61. The highest BCUT2D eigenvalue weighted by molar-refractivity contribution is 7.12. The molecule has 1 unspecified atom stereocenters. The van der Waals surface area contributed by atoms with Crippen LogP contribution >= 0.6 is 11.3 Å². The lowest BCUT2D eigenvalue weighted by molar-refractivity contribution is -0.129. The van der Waals surface area contributed by atoms with Gasteiger partial charge in [-0.1, -0.05) is 12.1 Å². The summed E-state index contributed by atoms with van der Waals surface area (Å²) in [5.74, 6) is -1.38. The number of carbonyl (C=O) groups is 2. The molecule has 1 aliphatic heterocycles. The number of aliphatic hydroxyl groups is 1. The van der Waals surface area contributed by atoms with Gasteiger partial charge >= 0.3 is 0 Å². The maximum absolute atomic E-state index is 13.1. The van der Waals surface area contributed by atoms with E-state index in [1.54, 1.807) is 36.8 Å². The van der Waals surface area contributed by atoms with Crippen LogP contribution in [0.3, 0.4) is 0 Å². The number of hydrogen-bond donors (Lipinski definition) is 2. The van der Waals surface area contributed by atoms with Gasteiger partial charge in [0.25, 0.3) is 5.91 Å². The number of carbonyl (C=O) groups excluding carboxylic acids is 2. The van der Waals surface area contributed by atoms with Crippen LogP contribution in [0.15, 0.2) is 47.0 Å². The van der Waals surface area contributed by atoms with Crippen molar-refractivity contribution in [3.8, 4) is 11.5 Å². The SMILES string of the molecule is COCCCN1C(=O)C(O)=C(C(=O)c2cccs2)C1c1ccc(O)c(OC)c1. The number of aliphatic hydroxyl groups excluding tert-OH is 1. The van der Waals surface area contributed by atoms with E-state index in [9.17, 15) is 19.8 Å². The lowest BCUT2D eigenvalue weighted by atomic mass is 9.95. The minimum absolute atomic E-state index is 0.0256. The molecule has 2 N–H and O–H groups in total. The normalized spacial score (nSPS) is 16.7. The average molecular weight is 403 g/mol. The number of amides is 1. The van der Waals surface area contributed by atoms with Gasteiger partial charge in [-0.25, -0.2) is 0 Å². The van der Waals surface area contributed by atoms with Gasteiger partial charge in [0, 0.05) is 20.3 Å². The first kappa shape index (κ1) is 19.9. The quantitative estimate of drug-likeness (QED) is 0.519. The molecule has 0 spiro atoms. The number of rotatable bonds is 8. The summed E-state index contributed by atoms with van der Waals surface area (Å²) in [6.07, 6.45) is 0.543. The van der Waals surface area contributed by atoms with Gasteiger partial charge in [0.05, 0.1) is 23.6 Å². The zero-order valence-electron chi connectivity index (χ0n) is 15.5. The van der Waals surface area contributed by atoms with E-state index in [0.717, 1.165) is 0 Å². The molecule has 0 fully saturated rings. The zero-order valence-corrected chi connectivity index (χ0v) is 16.4. The average Bonchev–Trinajstić information content (AvgIpc) is 3.31. The fourth-order valence-corrected chi connectivity index (χ4v) is 3.92. The van der Waals surface area contributed by atoms with E-state index in [2.05, 4.69) is 0 Å². The Labute approximate surface area is 166 Å². The second kappa shape index (κ2) is 8.45. The van der Waals surface area contributed by atoms with Crippen molar-refractivity contribution < 1.29 is 29.3 Å². The predicted octanol–water partition coefficient (Wildman–Crippen LogP) is 3.08. The van der Waals surface area contributed by atoms with Crippen LogP contribution in [0.1, 0.15) is 27.7 Å². The Morgan fingerprint density at radius 1 is 1.25 bits per heavy atom. The molecule has 28 heavy (non-hydrogen) atoms. The number of phenolic OH excluding ortho intramolecular Hbond substituents is 1. The van der Waals surface area contributed by atoms with Gasteiger partial charge in [0.15, 0.2) is 17.3 Å². The third-order valence-corrected chi connectivity index (χ3v) is 5.43. The molecule has 0 radical (unpaired) electrons. The molecule has 8 heteroatoms. The van der Waals surface area contributed by atoms with E-state index in [1.165, 1.54) is 29.4 Å². The molecule has 0 saturated heterocycles. The van der Waals surface area contributed by atoms with Crippen LogP contribution in [-0.4, -0.2) is 54.2 Å². The fraction of sp³-hybridized carbons (Fsp3) is 0.300. The molecule has 0 saturated carbocycles. The first-order valence-electron chi connectivity index (χ1n) is 8.67. The summed E-state index contributed by atoms with van der Waals surface area (Å²) in [7, 11) is 2.98. The van der Waals surface area contributed by atoms with Gasteiger partial charge < -0.3 is 24.6 Å². The number of hydrogen-bond acceptors (Lipinski definition) is 7. The number of ether oxygens (including phenoxy) is 2. The standard InChI is InChI=1S/C20H21NO6S/c1-26-9-4-8-21-17(12-6-7-13(22)14(11-12)27-2)16(19(24)20(21)25)18(23)15-5-3-10-28-15/h3,5-7,10-11,17,22,24H,4,8-9H2,1-2H3. The largest absolute Gasteiger partial charge is 0.504 e. The highest BCUT2D eigenvalue weighted by Gasteiger charge is 2.43. The van der Waals surface area contributed by atoms with E-state index < -0.39 is 23.5 Å². The van der Waals surface area contributed by atoms with E-state index in [0.29, 0.717) is 30.0 Å². The number of phenols is 1. The summed E-state index contributed by atoms with van der Waals surface area (Å²) >= 11 is 1.24. The summed E-state index contributed by atoms with van der Waals surface area (Å²) in [5, 5.41) is 22.2. The van der Waals surface area contributed by atoms with Gasteiger partial charge in [-0.3, -0.25) is 9.59 Å². The smallest absolute Gasteiger partial charge is 0.290 e. The number of aromatic hydroxyl groups is 1.